The van der Waals surface area contributed by atoms with Crippen LogP contribution in [0, 0.1) is 6.92 Å². The van der Waals surface area contributed by atoms with Gasteiger partial charge in [-0.1, -0.05) is 6.07 Å². The molecule has 2 aromatic heterocycles. The van der Waals surface area contributed by atoms with Crippen molar-refractivity contribution in [2.45, 2.75) is 32.6 Å². The molecule has 4 N–H and O–H groups in total. The molecule has 4 rings (SSSR count). The molecule has 29 heavy (non-hydrogen) atoms. The number of fused-ring (bicyclic) bond motifs is 1. The fraction of sp³-hybridized carbons (Fsp3) is 0.286. The van der Waals surface area contributed by atoms with Crippen molar-refractivity contribution in [3.05, 3.63) is 51.5 Å². The summed E-state index contributed by atoms with van der Waals surface area (Å²) >= 11 is 1.47. The van der Waals surface area contributed by atoms with Crippen LogP contribution in [0.25, 0.3) is 11.3 Å². The molecule has 3 aromatic rings. The summed E-state index contributed by atoms with van der Waals surface area (Å²) in [5, 5.41) is 23.1. The number of aromatic amines is 1. The molecule has 8 heteroatoms. The number of hydrogen-bond donors (Lipinski definition) is 4. The summed E-state index contributed by atoms with van der Waals surface area (Å²) in [6.45, 7) is 1.89. The minimum Gasteiger partial charge on any atom is -0.507 e. The predicted octanol–water partition coefficient (Wildman–Crippen LogP) is 3.64. The lowest BCUT2D eigenvalue weighted by Gasteiger charge is -2.12. The number of thiophene rings is 1. The average molecular weight is 410 g/mol. The number of aromatic hydroxyl groups is 1. The Morgan fingerprint density at radius 1 is 1.17 bits per heavy atom. The third-order valence-corrected chi connectivity index (χ3v) is 6.31. The Bertz CT molecular complexity index is 1100. The second kappa shape index (κ2) is 7.71. The van der Waals surface area contributed by atoms with Crippen molar-refractivity contribution in [3.63, 3.8) is 0 Å². The largest absolute Gasteiger partial charge is 0.507 e. The molecule has 1 aromatic carbocycles. The van der Waals surface area contributed by atoms with E-state index in [0.29, 0.717) is 21.8 Å². The van der Waals surface area contributed by atoms with E-state index in [-0.39, 0.29) is 23.3 Å². The first-order chi connectivity index (χ1) is 14.0. The fourth-order valence-electron chi connectivity index (χ4n) is 3.62. The molecule has 7 nitrogen and oxygen atoms in total. The highest BCUT2D eigenvalue weighted by molar-refractivity contribution is 7.17. The smallest absolute Gasteiger partial charge is 0.274 e. The maximum Gasteiger partial charge on any atom is 0.274 e. The zero-order valence-electron chi connectivity index (χ0n) is 16.3. The SMILES string of the molecule is CNC(=O)c1c(NC(=O)c2cc(-c3ccc(C)cc3O)n[nH]2)sc2c1CCCC2. The maximum atomic E-state index is 12.8. The van der Waals surface area contributed by atoms with E-state index < -0.39 is 0 Å². The predicted molar refractivity (Wildman–Crippen MR) is 113 cm³/mol. The van der Waals surface area contributed by atoms with Gasteiger partial charge in [-0.2, -0.15) is 5.10 Å². The minimum absolute atomic E-state index is 0.108. The number of benzene rings is 1. The molecule has 2 amide bonds. The standard InChI is InChI=1S/C21H22N4O3S/c1-11-7-8-12(16(26)9-11)14-10-15(25-24-14)19(27)23-21-18(20(28)22-2)13-5-3-4-6-17(13)29-21/h7-10,26H,3-6H2,1-2H3,(H,22,28)(H,23,27)(H,24,25). The van der Waals surface area contributed by atoms with Crippen LogP contribution in [-0.4, -0.2) is 34.2 Å². The number of nitrogens with zero attached hydrogens (tertiary/aromatic N) is 1. The van der Waals surface area contributed by atoms with Crippen molar-refractivity contribution in [2.24, 2.45) is 0 Å². The summed E-state index contributed by atoms with van der Waals surface area (Å²) in [7, 11) is 1.59. The minimum atomic E-state index is -0.376. The molecule has 150 valence electrons. The van der Waals surface area contributed by atoms with Crippen molar-refractivity contribution >= 4 is 28.2 Å². The molecule has 2 heterocycles. The third kappa shape index (κ3) is 3.63. The van der Waals surface area contributed by atoms with Gasteiger partial charge in [0.1, 0.15) is 16.4 Å². The van der Waals surface area contributed by atoms with Crippen molar-refractivity contribution in [3.8, 4) is 17.0 Å². The quantitative estimate of drug-likeness (QED) is 0.527. The van der Waals surface area contributed by atoms with Crippen LogP contribution in [0.3, 0.4) is 0 Å². The Hall–Kier alpha value is -3.13. The van der Waals surface area contributed by atoms with E-state index in [1.165, 1.54) is 16.2 Å². The summed E-state index contributed by atoms with van der Waals surface area (Å²) in [5.74, 6) is -0.454. The molecular weight excluding hydrogens is 388 g/mol. The van der Waals surface area contributed by atoms with E-state index in [4.69, 9.17) is 0 Å². The van der Waals surface area contributed by atoms with E-state index >= 15 is 0 Å². The molecular formula is C21H22N4O3S. The topological polar surface area (TPSA) is 107 Å². The molecule has 1 aliphatic rings. The number of phenolic OH excluding ortho intramolecular Hbond substituents is 1. The Balaban J connectivity index is 1.61. The van der Waals surface area contributed by atoms with Crippen LogP contribution in [0.4, 0.5) is 5.00 Å². The molecule has 0 saturated carbocycles. The van der Waals surface area contributed by atoms with Crippen LogP contribution < -0.4 is 10.6 Å². The molecule has 0 bridgehead atoms. The Kier molecular flexibility index (Phi) is 5.10. The molecule has 0 unspecified atom stereocenters. The van der Waals surface area contributed by atoms with Crippen molar-refractivity contribution in [1.82, 2.24) is 15.5 Å². The molecule has 0 radical (unpaired) electrons. The second-order valence-electron chi connectivity index (χ2n) is 7.14. The van der Waals surface area contributed by atoms with Crippen LogP contribution in [0.1, 0.15) is 49.7 Å². The van der Waals surface area contributed by atoms with Gasteiger partial charge >= 0.3 is 0 Å². The van der Waals surface area contributed by atoms with E-state index in [1.54, 1.807) is 25.2 Å². The molecule has 0 spiro atoms. The number of nitrogens with one attached hydrogen (secondary N) is 3. The van der Waals surface area contributed by atoms with Crippen molar-refractivity contribution < 1.29 is 14.7 Å². The Morgan fingerprint density at radius 2 is 1.97 bits per heavy atom. The highest BCUT2D eigenvalue weighted by Gasteiger charge is 2.26. The van der Waals surface area contributed by atoms with Gasteiger partial charge < -0.3 is 15.7 Å². The van der Waals surface area contributed by atoms with Gasteiger partial charge in [0.2, 0.25) is 0 Å². The average Bonchev–Trinajstić information content (AvgIpc) is 3.32. The number of aromatic nitrogens is 2. The number of carbonyl (C=O) groups excluding carboxylic acids is 2. The molecule has 0 saturated heterocycles. The number of H-pyrrole nitrogens is 1. The molecule has 1 aliphatic carbocycles. The summed E-state index contributed by atoms with van der Waals surface area (Å²) in [6, 6.07) is 6.87. The number of aryl methyl sites for hydroxylation is 2. The van der Waals surface area contributed by atoms with Crippen LogP contribution in [-0.2, 0) is 12.8 Å². The van der Waals surface area contributed by atoms with Gasteiger partial charge in [-0.25, -0.2) is 0 Å². The summed E-state index contributed by atoms with van der Waals surface area (Å²) in [6.07, 6.45) is 3.93. The van der Waals surface area contributed by atoms with E-state index in [9.17, 15) is 14.7 Å². The van der Waals surface area contributed by atoms with Gasteiger partial charge in [-0.15, -0.1) is 11.3 Å². The van der Waals surface area contributed by atoms with E-state index in [0.717, 1.165) is 36.8 Å². The summed E-state index contributed by atoms with van der Waals surface area (Å²) < 4.78 is 0. The first kappa shape index (κ1) is 19.2. The highest BCUT2D eigenvalue weighted by atomic mass is 32.1. The first-order valence-electron chi connectivity index (χ1n) is 9.51. The number of phenols is 1. The summed E-state index contributed by atoms with van der Waals surface area (Å²) in [5.41, 5.74) is 3.83. The number of carbonyl (C=O) groups is 2. The zero-order valence-corrected chi connectivity index (χ0v) is 17.1. The maximum absolute atomic E-state index is 12.8. The van der Waals surface area contributed by atoms with Crippen LogP contribution in [0.2, 0.25) is 0 Å². The zero-order chi connectivity index (χ0) is 20.5. The lowest BCUT2D eigenvalue weighted by molar-refractivity contribution is 0.0963. The molecule has 0 fully saturated rings. The number of hydrogen-bond acceptors (Lipinski definition) is 5. The molecule has 0 atom stereocenters. The van der Waals surface area contributed by atoms with Crippen LogP contribution in [0.15, 0.2) is 24.3 Å². The van der Waals surface area contributed by atoms with Gasteiger partial charge in [0.15, 0.2) is 0 Å². The lowest BCUT2D eigenvalue weighted by Crippen LogP contribution is -2.22. The lowest BCUT2D eigenvalue weighted by atomic mass is 9.95. The highest BCUT2D eigenvalue weighted by Crippen LogP contribution is 2.38. The van der Waals surface area contributed by atoms with Gasteiger partial charge in [-0.05, 0) is 61.9 Å². The first-order valence-corrected chi connectivity index (χ1v) is 10.3. The van der Waals surface area contributed by atoms with E-state index in [2.05, 4.69) is 20.8 Å². The van der Waals surface area contributed by atoms with E-state index in [1.807, 2.05) is 13.0 Å². The van der Waals surface area contributed by atoms with Crippen molar-refractivity contribution in [1.29, 1.82) is 0 Å². The van der Waals surface area contributed by atoms with Crippen LogP contribution >= 0.6 is 11.3 Å². The van der Waals surface area contributed by atoms with Crippen LogP contribution in [0.5, 0.6) is 5.75 Å². The Labute approximate surface area is 172 Å². The monoisotopic (exact) mass is 410 g/mol. The van der Waals surface area contributed by atoms with Gasteiger partial charge in [0.25, 0.3) is 11.8 Å². The van der Waals surface area contributed by atoms with Gasteiger partial charge in [0.05, 0.1) is 11.3 Å². The Morgan fingerprint density at radius 3 is 2.72 bits per heavy atom. The number of amides is 2. The number of anilines is 1. The second-order valence-corrected chi connectivity index (χ2v) is 8.24. The molecule has 0 aliphatic heterocycles. The fourth-order valence-corrected chi connectivity index (χ4v) is 4.91. The van der Waals surface area contributed by atoms with Gasteiger partial charge in [-0.3, -0.25) is 14.7 Å². The van der Waals surface area contributed by atoms with Crippen molar-refractivity contribution in [2.75, 3.05) is 12.4 Å². The number of rotatable bonds is 4. The summed E-state index contributed by atoms with van der Waals surface area (Å²) in [4.78, 5) is 26.4. The third-order valence-electron chi connectivity index (χ3n) is 5.10. The van der Waals surface area contributed by atoms with Gasteiger partial charge in [0, 0.05) is 17.5 Å². The normalized spacial score (nSPS) is 13.0.